The number of fused-ring (bicyclic) bond motifs is 3. The van der Waals surface area contributed by atoms with E-state index < -0.39 is 24.5 Å². The Morgan fingerprint density at radius 3 is 2.16 bits per heavy atom. The monoisotopic (exact) mass is 430 g/mol. The van der Waals surface area contributed by atoms with E-state index in [0.717, 1.165) is 22.3 Å². The van der Waals surface area contributed by atoms with Gasteiger partial charge in [0.25, 0.3) is 5.91 Å². The number of anilines is 1. The van der Waals surface area contributed by atoms with Crippen molar-refractivity contribution in [1.82, 2.24) is 5.32 Å². The van der Waals surface area contributed by atoms with Crippen molar-refractivity contribution in [3.8, 4) is 11.1 Å². The van der Waals surface area contributed by atoms with E-state index in [4.69, 9.17) is 9.84 Å². The van der Waals surface area contributed by atoms with Gasteiger partial charge in [-0.25, -0.2) is 4.79 Å². The van der Waals surface area contributed by atoms with Gasteiger partial charge >= 0.3 is 12.1 Å². The van der Waals surface area contributed by atoms with E-state index in [2.05, 4.69) is 22.8 Å². The van der Waals surface area contributed by atoms with Crippen molar-refractivity contribution in [1.29, 1.82) is 0 Å². The Hall–Kier alpha value is -4.13. The number of ether oxygens (including phenoxy) is 1. The van der Waals surface area contributed by atoms with E-state index in [9.17, 15) is 14.4 Å². The molecule has 162 valence electrons. The minimum absolute atomic E-state index is 0.0534. The van der Waals surface area contributed by atoms with Gasteiger partial charge in [0.15, 0.2) is 0 Å². The van der Waals surface area contributed by atoms with Gasteiger partial charge in [-0.2, -0.15) is 0 Å². The van der Waals surface area contributed by atoms with Crippen LogP contribution in [-0.4, -0.2) is 36.2 Å². The fourth-order valence-corrected chi connectivity index (χ4v) is 4.01. The van der Waals surface area contributed by atoms with Crippen molar-refractivity contribution in [2.75, 3.05) is 18.5 Å². The summed E-state index contributed by atoms with van der Waals surface area (Å²) in [5.74, 6) is -1.72. The third-order valence-electron chi connectivity index (χ3n) is 5.56. The molecule has 32 heavy (non-hydrogen) atoms. The van der Waals surface area contributed by atoms with Crippen molar-refractivity contribution in [3.05, 3.63) is 89.0 Å². The van der Waals surface area contributed by atoms with E-state index in [1.807, 2.05) is 36.4 Å². The lowest BCUT2D eigenvalue weighted by molar-refractivity contribution is -0.135. The minimum atomic E-state index is -1.14. The lowest BCUT2D eigenvalue weighted by atomic mass is 9.98. The largest absolute Gasteiger partial charge is 0.480 e. The summed E-state index contributed by atoms with van der Waals surface area (Å²) in [6.45, 7) is 1.37. The lowest BCUT2D eigenvalue weighted by Crippen LogP contribution is -2.30. The van der Waals surface area contributed by atoms with E-state index in [1.54, 1.807) is 25.1 Å². The number of benzene rings is 3. The van der Waals surface area contributed by atoms with Crippen LogP contribution >= 0.6 is 0 Å². The van der Waals surface area contributed by atoms with Crippen LogP contribution in [0.5, 0.6) is 0 Å². The summed E-state index contributed by atoms with van der Waals surface area (Å²) in [7, 11) is 0. The highest BCUT2D eigenvalue weighted by Crippen LogP contribution is 2.44. The number of hydrogen-bond donors (Lipinski definition) is 3. The van der Waals surface area contributed by atoms with Crippen LogP contribution in [0.2, 0.25) is 0 Å². The SMILES string of the molecule is Cc1c(NC(=O)OCC2c3ccccc3-c3ccccc32)cccc1C(=O)NCC(=O)O. The molecular weight excluding hydrogens is 408 g/mol. The van der Waals surface area contributed by atoms with Crippen LogP contribution in [0.4, 0.5) is 10.5 Å². The number of amides is 2. The fraction of sp³-hybridized carbons (Fsp3) is 0.160. The summed E-state index contributed by atoms with van der Waals surface area (Å²) in [5.41, 5.74) is 5.75. The second-order valence-electron chi connectivity index (χ2n) is 7.51. The number of nitrogens with one attached hydrogen (secondary N) is 2. The first kappa shape index (κ1) is 21.1. The number of rotatable bonds is 6. The molecule has 1 aliphatic rings. The average Bonchev–Trinajstić information content (AvgIpc) is 3.11. The maximum absolute atomic E-state index is 12.5. The molecule has 1 aliphatic carbocycles. The molecule has 0 aliphatic heterocycles. The molecule has 0 spiro atoms. The molecule has 4 rings (SSSR count). The van der Waals surface area contributed by atoms with Crippen LogP contribution in [-0.2, 0) is 9.53 Å². The molecule has 0 bridgehead atoms. The Labute approximate surface area is 185 Å². The Morgan fingerprint density at radius 2 is 1.53 bits per heavy atom. The van der Waals surface area contributed by atoms with Crippen molar-refractivity contribution in [2.45, 2.75) is 12.8 Å². The molecule has 0 atom stereocenters. The maximum atomic E-state index is 12.5. The van der Waals surface area contributed by atoms with Gasteiger partial charge in [-0.15, -0.1) is 0 Å². The molecule has 0 radical (unpaired) electrons. The molecule has 0 unspecified atom stereocenters. The zero-order chi connectivity index (χ0) is 22.7. The van der Waals surface area contributed by atoms with Crippen molar-refractivity contribution in [2.24, 2.45) is 0 Å². The predicted molar refractivity (Wildman–Crippen MR) is 120 cm³/mol. The third kappa shape index (κ3) is 4.18. The van der Waals surface area contributed by atoms with Gasteiger partial charge in [0.1, 0.15) is 13.2 Å². The van der Waals surface area contributed by atoms with Crippen LogP contribution in [0.25, 0.3) is 11.1 Å². The Morgan fingerprint density at radius 1 is 0.906 bits per heavy atom. The summed E-state index contributed by atoms with van der Waals surface area (Å²) in [5, 5.41) is 13.7. The fourth-order valence-electron chi connectivity index (χ4n) is 4.01. The molecule has 0 saturated carbocycles. The van der Waals surface area contributed by atoms with E-state index in [-0.39, 0.29) is 18.1 Å². The van der Waals surface area contributed by atoms with Gasteiger partial charge < -0.3 is 15.2 Å². The van der Waals surface area contributed by atoms with E-state index in [1.165, 1.54) is 0 Å². The zero-order valence-corrected chi connectivity index (χ0v) is 17.4. The molecule has 2 amide bonds. The molecule has 3 aromatic carbocycles. The van der Waals surface area contributed by atoms with Crippen molar-refractivity contribution >= 4 is 23.7 Å². The number of carboxylic acid groups (broad SMARTS) is 1. The number of carbonyl (C=O) groups is 3. The number of hydrogen-bond acceptors (Lipinski definition) is 4. The van der Waals surface area contributed by atoms with Crippen LogP contribution in [0.1, 0.15) is 33.0 Å². The third-order valence-corrected chi connectivity index (χ3v) is 5.56. The Bertz CT molecular complexity index is 1160. The van der Waals surface area contributed by atoms with Gasteiger partial charge in [0, 0.05) is 17.2 Å². The highest BCUT2D eigenvalue weighted by atomic mass is 16.5. The predicted octanol–water partition coefficient (Wildman–Crippen LogP) is 4.17. The maximum Gasteiger partial charge on any atom is 0.411 e. The topological polar surface area (TPSA) is 105 Å². The second kappa shape index (κ2) is 8.93. The summed E-state index contributed by atoms with van der Waals surface area (Å²) >= 11 is 0. The van der Waals surface area contributed by atoms with Gasteiger partial charge in [0.2, 0.25) is 0 Å². The van der Waals surface area contributed by atoms with Crippen molar-refractivity contribution < 1.29 is 24.2 Å². The summed E-state index contributed by atoms with van der Waals surface area (Å²) < 4.78 is 5.55. The van der Waals surface area contributed by atoms with Crippen LogP contribution < -0.4 is 10.6 Å². The molecule has 7 heteroatoms. The van der Waals surface area contributed by atoms with Gasteiger partial charge in [-0.1, -0.05) is 54.6 Å². The molecular formula is C25H22N2O5. The highest BCUT2D eigenvalue weighted by Gasteiger charge is 2.29. The molecule has 3 aromatic rings. The molecule has 0 aromatic heterocycles. The summed E-state index contributed by atoms with van der Waals surface area (Å²) in [6.07, 6.45) is -0.627. The lowest BCUT2D eigenvalue weighted by Gasteiger charge is -2.16. The highest BCUT2D eigenvalue weighted by molar-refractivity contribution is 5.99. The number of carbonyl (C=O) groups excluding carboxylic acids is 2. The Balaban J connectivity index is 1.45. The first-order chi connectivity index (χ1) is 15.5. The first-order valence-electron chi connectivity index (χ1n) is 10.2. The van der Waals surface area contributed by atoms with Gasteiger partial charge in [-0.05, 0) is 46.9 Å². The van der Waals surface area contributed by atoms with E-state index in [0.29, 0.717) is 11.3 Å². The molecule has 0 fully saturated rings. The normalized spacial score (nSPS) is 11.9. The van der Waals surface area contributed by atoms with Crippen molar-refractivity contribution in [3.63, 3.8) is 0 Å². The average molecular weight is 430 g/mol. The minimum Gasteiger partial charge on any atom is -0.480 e. The second-order valence-corrected chi connectivity index (χ2v) is 7.51. The molecule has 7 nitrogen and oxygen atoms in total. The standard InChI is InChI=1S/C25H22N2O5/c1-15-16(24(30)26-13-23(28)29)11-6-12-22(15)27-25(31)32-14-21-19-9-4-2-7-17(19)18-8-3-5-10-20(18)21/h2-12,21H,13-14H2,1H3,(H,26,30)(H,27,31)(H,28,29). The Kier molecular flexibility index (Phi) is 5.89. The number of carboxylic acids is 1. The zero-order valence-electron chi connectivity index (χ0n) is 17.4. The number of aliphatic carboxylic acids is 1. The van der Waals surface area contributed by atoms with Gasteiger partial charge in [0.05, 0.1) is 0 Å². The molecule has 0 heterocycles. The quantitative estimate of drug-likeness (QED) is 0.544. The first-order valence-corrected chi connectivity index (χ1v) is 10.2. The summed E-state index contributed by atoms with van der Waals surface area (Å²) in [6, 6.07) is 21.0. The van der Waals surface area contributed by atoms with E-state index >= 15 is 0 Å². The molecule has 3 N–H and O–H groups in total. The van der Waals surface area contributed by atoms with Crippen LogP contribution in [0.15, 0.2) is 66.7 Å². The van der Waals surface area contributed by atoms with Crippen LogP contribution in [0.3, 0.4) is 0 Å². The molecule has 0 saturated heterocycles. The smallest absolute Gasteiger partial charge is 0.411 e. The van der Waals surface area contributed by atoms with Gasteiger partial charge in [-0.3, -0.25) is 14.9 Å². The summed E-state index contributed by atoms with van der Waals surface area (Å²) in [4.78, 5) is 35.4. The van der Waals surface area contributed by atoms with Crippen LogP contribution in [0, 0.1) is 6.92 Å².